The lowest BCUT2D eigenvalue weighted by atomic mass is 10.0. The SMILES string of the molecule is CCn1c(SCC(=O)N(C)CCc2ccc(OC)c(OC)c2)nc(-c2ccccc2)c1-c1ccccc1. The van der Waals surface area contributed by atoms with E-state index in [1.165, 1.54) is 11.8 Å². The summed E-state index contributed by atoms with van der Waals surface area (Å²) in [6.07, 6.45) is 0.729. The maximum absolute atomic E-state index is 13.0. The molecule has 6 nitrogen and oxygen atoms in total. The third-order valence-electron chi connectivity index (χ3n) is 6.28. The van der Waals surface area contributed by atoms with Gasteiger partial charge in [-0.2, -0.15) is 0 Å². The molecule has 0 saturated carbocycles. The number of amides is 1. The second kappa shape index (κ2) is 12.5. The van der Waals surface area contributed by atoms with Gasteiger partial charge in [-0.25, -0.2) is 4.98 Å². The predicted molar refractivity (Wildman–Crippen MR) is 150 cm³/mol. The molecule has 7 heteroatoms. The molecule has 0 unspecified atom stereocenters. The molecular weight excluding hydrogens is 482 g/mol. The lowest BCUT2D eigenvalue weighted by molar-refractivity contribution is -0.127. The average Bonchev–Trinajstić information content (AvgIpc) is 3.33. The zero-order valence-corrected chi connectivity index (χ0v) is 22.6. The quantitative estimate of drug-likeness (QED) is 0.228. The number of benzene rings is 3. The number of methoxy groups -OCH3 is 2. The molecule has 192 valence electrons. The average molecular weight is 516 g/mol. The van der Waals surface area contributed by atoms with Crippen molar-refractivity contribution in [1.82, 2.24) is 14.5 Å². The van der Waals surface area contributed by atoms with Gasteiger partial charge < -0.3 is 18.9 Å². The maximum Gasteiger partial charge on any atom is 0.232 e. The normalized spacial score (nSPS) is 10.8. The molecule has 0 saturated heterocycles. The third kappa shape index (κ3) is 6.17. The molecule has 0 fully saturated rings. The zero-order chi connectivity index (χ0) is 26.2. The number of thioether (sulfide) groups is 1. The van der Waals surface area contributed by atoms with Crippen molar-refractivity contribution in [2.75, 3.05) is 33.6 Å². The Hall–Kier alpha value is -3.71. The van der Waals surface area contributed by atoms with Gasteiger partial charge in [-0.15, -0.1) is 0 Å². The Balaban J connectivity index is 1.48. The number of carbonyl (C=O) groups is 1. The molecule has 0 atom stereocenters. The Morgan fingerprint density at radius 2 is 1.57 bits per heavy atom. The number of likely N-dealkylation sites (N-methyl/N-ethyl adjacent to an activating group) is 1. The number of carbonyl (C=O) groups excluding carboxylic acids is 1. The molecule has 0 N–H and O–H groups in total. The van der Waals surface area contributed by atoms with E-state index in [4.69, 9.17) is 14.5 Å². The smallest absolute Gasteiger partial charge is 0.232 e. The van der Waals surface area contributed by atoms with Gasteiger partial charge in [0.2, 0.25) is 5.91 Å². The van der Waals surface area contributed by atoms with Crippen molar-refractivity contribution in [3.8, 4) is 34.0 Å². The van der Waals surface area contributed by atoms with Crippen molar-refractivity contribution in [1.29, 1.82) is 0 Å². The van der Waals surface area contributed by atoms with Gasteiger partial charge >= 0.3 is 0 Å². The highest BCUT2D eigenvalue weighted by Gasteiger charge is 2.21. The first-order valence-corrected chi connectivity index (χ1v) is 13.3. The second-order valence-corrected chi connectivity index (χ2v) is 9.55. The van der Waals surface area contributed by atoms with E-state index < -0.39 is 0 Å². The first kappa shape index (κ1) is 26.4. The van der Waals surface area contributed by atoms with Crippen LogP contribution in [-0.4, -0.2) is 53.9 Å². The Morgan fingerprint density at radius 1 is 0.919 bits per heavy atom. The number of nitrogens with zero attached hydrogens (tertiary/aromatic N) is 3. The molecule has 37 heavy (non-hydrogen) atoms. The Bertz CT molecular complexity index is 1320. The van der Waals surface area contributed by atoms with E-state index in [0.717, 1.165) is 46.2 Å². The van der Waals surface area contributed by atoms with Crippen molar-refractivity contribution < 1.29 is 14.3 Å². The van der Waals surface area contributed by atoms with E-state index in [2.05, 4.69) is 35.8 Å². The largest absolute Gasteiger partial charge is 0.493 e. The van der Waals surface area contributed by atoms with Gasteiger partial charge in [0.15, 0.2) is 16.7 Å². The van der Waals surface area contributed by atoms with Crippen molar-refractivity contribution in [3.05, 3.63) is 84.4 Å². The predicted octanol–water partition coefficient (Wildman–Crippen LogP) is 6.05. The second-order valence-electron chi connectivity index (χ2n) is 8.61. The standard InChI is InChI=1S/C30H33N3O3S/c1-5-33-29(24-14-10-7-11-15-24)28(23-12-8-6-9-13-23)31-30(33)37-21-27(34)32(2)19-18-22-16-17-25(35-3)26(20-22)36-4/h6-17,20H,5,18-19,21H2,1-4H3. The minimum Gasteiger partial charge on any atom is -0.493 e. The van der Waals surface area contributed by atoms with Crippen LogP contribution in [0.5, 0.6) is 11.5 Å². The van der Waals surface area contributed by atoms with E-state index in [9.17, 15) is 4.79 Å². The molecule has 0 aliphatic heterocycles. The van der Waals surface area contributed by atoms with Gasteiger partial charge in [0.25, 0.3) is 0 Å². The Kier molecular flexibility index (Phi) is 8.90. The summed E-state index contributed by atoms with van der Waals surface area (Å²) in [5.41, 5.74) is 5.28. The van der Waals surface area contributed by atoms with Crippen LogP contribution in [0.2, 0.25) is 0 Å². The number of hydrogen-bond donors (Lipinski definition) is 0. The molecule has 1 heterocycles. The molecule has 3 aromatic carbocycles. The van der Waals surface area contributed by atoms with Gasteiger partial charge in [0.05, 0.1) is 31.4 Å². The minimum atomic E-state index is 0.0682. The van der Waals surface area contributed by atoms with Gasteiger partial charge in [0, 0.05) is 31.3 Å². The van der Waals surface area contributed by atoms with Crippen molar-refractivity contribution in [2.24, 2.45) is 0 Å². The van der Waals surface area contributed by atoms with Crippen LogP contribution in [0.4, 0.5) is 0 Å². The van der Waals surface area contributed by atoms with Crippen LogP contribution in [0.1, 0.15) is 12.5 Å². The van der Waals surface area contributed by atoms with E-state index in [-0.39, 0.29) is 5.91 Å². The summed E-state index contributed by atoms with van der Waals surface area (Å²) < 4.78 is 12.9. The van der Waals surface area contributed by atoms with Crippen LogP contribution in [0, 0.1) is 0 Å². The molecule has 0 spiro atoms. The molecule has 4 rings (SSSR count). The van der Waals surface area contributed by atoms with Crippen molar-refractivity contribution in [2.45, 2.75) is 25.0 Å². The Labute approximate surface area is 223 Å². The summed E-state index contributed by atoms with van der Waals surface area (Å²) in [4.78, 5) is 19.8. The summed E-state index contributed by atoms with van der Waals surface area (Å²) in [6.45, 7) is 3.49. The van der Waals surface area contributed by atoms with Crippen LogP contribution < -0.4 is 9.47 Å². The fourth-order valence-electron chi connectivity index (χ4n) is 4.22. The molecule has 1 aromatic heterocycles. The van der Waals surface area contributed by atoms with Gasteiger partial charge in [-0.05, 0) is 31.0 Å². The highest BCUT2D eigenvalue weighted by Crippen LogP contribution is 2.36. The summed E-state index contributed by atoms with van der Waals surface area (Å²) in [5, 5.41) is 0.849. The number of aromatic nitrogens is 2. The lowest BCUT2D eigenvalue weighted by Gasteiger charge is -2.18. The zero-order valence-electron chi connectivity index (χ0n) is 21.8. The molecule has 4 aromatic rings. The molecule has 0 radical (unpaired) electrons. The van der Waals surface area contributed by atoms with E-state index in [0.29, 0.717) is 23.8 Å². The molecule has 0 aliphatic carbocycles. The lowest BCUT2D eigenvalue weighted by Crippen LogP contribution is -2.30. The first-order chi connectivity index (χ1) is 18.0. The van der Waals surface area contributed by atoms with Gasteiger partial charge in [0.1, 0.15) is 0 Å². The summed E-state index contributed by atoms with van der Waals surface area (Å²) in [5.74, 6) is 1.78. The van der Waals surface area contributed by atoms with Crippen LogP contribution >= 0.6 is 11.8 Å². The van der Waals surface area contributed by atoms with Crippen molar-refractivity contribution >= 4 is 17.7 Å². The fraction of sp³-hybridized carbons (Fsp3) is 0.267. The van der Waals surface area contributed by atoms with Crippen LogP contribution in [0.15, 0.2) is 84.0 Å². The first-order valence-electron chi connectivity index (χ1n) is 12.3. The number of hydrogen-bond acceptors (Lipinski definition) is 5. The molecule has 0 aliphatic rings. The van der Waals surface area contributed by atoms with Gasteiger partial charge in [-0.3, -0.25) is 4.79 Å². The molecular formula is C30H33N3O3S. The third-order valence-corrected chi connectivity index (χ3v) is 7.24. The highest BCUT2D eigenvalue weighted by molar-refractivity contribution is 7.99. The highest BCUT2D eigenvalue weighted by atomic mass is 32.2. The monoisotopic (exact) mass is 515 g/mol. The van der Waals surface area contributed by atoms with Crippen LogP contribution in [0.25, 0.3) is 22.5 Å². The number of imidazole rings is 1. The summed E-state index contributed by atoms with van der Waals surface area (Å²) in [7, 11) is 5.10. The van der Waals surface area contributed by atoms with Crippen molar-refractivity contribution in [3.63, 3.8) is 0 Å². The van der Waals surface area contributed by atoms with Gasteiger partial charge in [-0.1, -0.05) is 78.5 Å². The van der Waals surface area contributed by atoms with E-state index in [1.807, 2.05) is 61.6 Å². The molecule has 1 amide bonds. The minimum absolute atomic E-state index is 0.0682. The van der Waals surface area contributed by atoms with Crippen LogP contribution in [-0.2, 0) is 17.8 Å². The molecule has 0 bridgehead atoms. The number of rotatable bonds is 11. The van der Waals surface area contributed by atoms with E-state index in [1.54, 1.807) is 19.1 Å². The number of ether oxygens (including phenoxy) is 2. The Morgan fingerprint density at radius 3 is 2.19 bits per heavy atom. The fourth-order valence-corrected chi connectivity index (χ4v) is 5.22. The summed E-state index contributed by atoms with van der Waals surface area (Å²) in [6, 6.07) is 26.4. The van der Waals surface area contributed by atoms with Crippen LogP contribution in [0.3, 0.4) is 0 Å². The summed E-state index contributed by atoms with van der Waals surface area (Å²) >= 11 is 1.49. The maximum atomic E-state index is 13.0. The topological polar surface area (TPSA) is 56.6 Å². The van der Waals surface area contributed by atoms with E-state index >= 15 is 0 Å².